The minimum Gasteiger partial charge on any atom is -0.508 e. The van der Waals surface area contributed by atoms with E-state index in [1.807, 2.05) is 30.3 Å². The predicted octanol–water partition coefficient (Wildman–Crippen LogP) is 4.61. The molecule has 11 heteroatoms. The topological polar surface area (TPSA) is 94.1 Å². The zero-order valence-corrected chi connectivity index (χ0v) is 33.9. The number of aryl methyl sites for hydroxylation is 1. The first kappa shape index (κ1) is 37.4. The molecule has 5 aliphatic rings. The van der Waals surface area contributed by atoms with Gasteiger partial charge in [0, 0.05) is 5.92 Å². The molecule has 0 saturated carbocycles. The maximum atomic E-state index is 15.8. The fourth-order valence-electron chi connectivity index (χ4n) is 10.2. The molecule has 8 nitrogen and oxygen atoms in total. The summed E-state index contributed by atoms with van der Waals surface area (Å²) in [7, 11) is 1.75. The molecule has 5 atom stereocenters. The number of nitrogens with zero attached hydrogens (tertiary/aromatic N) is 2. The van der Waals surface area contributed by atoms with Crippen molar-refractivity contribution < 1.29 is 44.7 Å². The van der Waals surface area contributed by atoms with E-state index in [9.17, 15) is 14.7 Å². The Labute approximate surface area is 333 Å². The van der Waals surface area contributed by atoms with Crippen LogP contribution in [0.3, 0.4) is 0 Å². The number of piperidine rings is 3. The molecule has 4 aromatic carbocycles. The second kappa shape index (κ2) is 14.9. The van der Waals surface area contributed by atoms with Crippen molar-refractivity contribution in [3.8, 4) is 11.5 Å². The zero-order valence-electron chi connectivity index (χ0n) is 31.7. The molecule has 0 radical (unpaired) electrons. The van der Waals surface area contributed by atoms with E-state index in [4.69, 9.17) is 4.74 Å². The van der Waals surface area contributed by atoms with Gasteiger partial charge in [-0.15, -0.1) is 0 Å². The number of anilines is 2. The van der Waals surface area contributed by atoms with Crippen molar-refractivity contribution in [3.05, 3.63) is 119 Å². The molecule has 0 unspecified atom stereocenters. The number of fused-ring (bicyclic) bond motifs is 2. The Morgan fingerprint density at radius 1 is 0.893 bits per heavy atom. The first-order valence-electron chi connectivity index (χ1n) is 20.0. The number of imide groups is 1. The van der Waals surface area contributed by atoms with Gasteiger partial charge in [-0.25, -0.2) is 0 Å². The second-order valence-electron chi connectivity index (χ2n) is 16.3. The third-order valence-corrected chi connectivity index (χ3v) is 20.4. The molecular weight excluding hydrogens is 825 g/mol. The van der Waals surface area contributed by atoms with Crippen LogP contribution in [0.5, 0.6) is 11.5 Å². The number of phenolic OH excluding ortho intramolecular Hbond substituents is 1. The SMILES string of the molecule is COc1cc(N2CCC(CN3CC[C@]4(c5ccc(N[C@@H]6CCC(=O)NC6=O)cc5)[C@H](C3)[I-]4(F)F)CC2)ccc1[C@@H]1c2ccc(O)cc2CC[C@@H]1c1ccccc1. The van der Waals surface area contributed by atoms with E-state index >= 15 is 5.72 Å². The summed E-state index contributed by atoms with van der Waals surface area (Å²) in [6.45, 7) is 3.87. The van der Waals surface area contributed by atoms with Gasteiger partial charge in [-0.2, -0.15) is 0 Å². The van der Waals surface area contributed by atoms with E-state index in [0.717, 1.165) is 67.9 Å². The molecule has 0 spiro atoms. The van der Waals surface area contributed by atoms with Crippen LogP contribution in [0.25, 0.3) is 0 Å². The van der Waals surface area contributed by atoms with Crippen molar-refractivity contribution >= 4 is 23.2 Å². The van der Waals surface area contributed by atoms with Gasteiger partial charge in [0.25, 0.3) is 0 Å². The molecule has 296 valence electrons. The van der Waals surface area contributed by atoms with Gasteiger partial charge in [-0.1, -0.05) is 36.4 Å². The minimum absolute atomic E-state index is 0.101. The molecule has 9 rings (SSSR count). The first-order chi connectivity index (χ1) is 27.1. The molecule has 4 aromatic rings. The van der Waals surface area contributed by atoms with Crippen molar-refractivity contribution in [1.29, 1.82) is 0 Å². The number of ether oxygens (including phenoxy) is 1. The monoisotopic (exact) mass is 875 g/mol. The van der Waals surface area contributed by atoms with Crippen LogP contribution in [0.1, 0.15) is 78.2 Å². The van der Waals surface area contributed by atoms with Gasteiger partial charge < -0.3 is 5.11 Å². The van der Waals surface area contributed by atoms with E-state index in [1.54, 1.807) is 13.2 Å². The average molecular weight is 876 g/mol. The quantitative estimate of drug-likeness (QED) is 0.129. The van der Waals surface area contributed by atoms with Gasteiger partial charge in [0.05, 0.1) is 7.11 Å². The summed E-state index contributed by atoms with van der Waals surface area (Å²) < 4.78 is 36.3. The van der Waals surface area contributed by atoms with E-state index in [1.165, 1.54) is 16.7 Å². The Morgan fingerprint density at radius 3 is 2.39 bits per heavy atom. The number of carbonyl (C=O) groups excluding carboxylic acids is 2. The Hall–Kier alpha value is -4.23. The molecule has 4 aliphatic heterocycles. The van der Waals surface area contributed by atoms with Crippen LogP contribution in [0.15, 0.2) is 91.0 Å². The third kappa shape index (κ3) is 6.72. The summed E-state index contributed by atoms with van der Waals surface area (Å²) in [6, 6.07) is 30.0. The molecule has 4 fully saturated rings. The van der Waals surface area contributed by atoms with Crippen LogP contribution in [-0.4, -0.2) is 71.6 Å². The zero-order chi connectivity index (χ0) is 38.6. The number of nitrogens with one attached hydrogen (secondary N) is 2. The third-order valence-electron chi connectivity index (χ3n) is 13.2. The fourth-order valence-corrected chi connectivity index (χ4v) is 17.7. The number of rotatable bonds is 9. The number of halogens is 3. The summed E-state index contributed by atoms with van der Waals surface area (Å²) in [4.78, 5) is 28.4. The summed E-state index contributed by atoms with van der Waals surface area (Å²) in [5.41, 5.74) is 7.51. The molecule has 56 heavy (non-hydrogen) atoms. The van der Waals surface area contributed by atoms with Gasteiger partial charge in [-0.05, 0) is 47.6 Å². The molecule has 4 saturated heterocycles. The Morgan fingerprint density at radius 2 is 1.66 bits per heavy atom. The summed E-state index contributed by atoms with van der Waals surface area (Å²) >= 11 is -4.96. The number of alkyl halides is 2. The van der Waals surface area contributed by atoms with Gasteiger partial charge >= 0.3 is 227 Å². The summed E-state index contributed by atoms with van der Waals surface area (Å²) in [6.07, 6.45) is 5.15. The smallest absolute Gasteiger partial charge is 0.508 e. The number of hydrogen-bond donors (Lipinski definition) is 3. The molecule has 1 aliphatic carbocycles. The number of aromatic hydroxyl groups is 1. The average Bonchev–Trinajstić information content (AvgIpc) is 3.72. The van der Waals surface area contributed by atoms with Gasteiger partial charge in [0.15, 0.2) is 0 Å². The second-order valence-corrected chi connectivity index (χ2v) is 22.4. The number of amides is 2. The standard InChI is InChI=1S/C45H50F2IN4O4/c1-56-40-26-34(12-15-38(40)43-36(30-5-3-2-4-6-30)14-7-31-25-35(53)13-16-37(31)43)52-22-19-29(20-23-52)27-51-24-21-45(41(28-51)48(45,46)47)32-8-10-33(11-9-32)49-39-17-18-42(54)50-44(39)55/h2-6,8-13,15-16,25-26,29,36,39,41,43,49,53H,7,14,17-24,27-28H2,1H3,(H,50,54,55)/q-1/t36-,39-,41+,43+,45+/m1/s1. The van der Waals surface area contributed by atoms with Crippen LogP contribution in [0.2, 0.25) is 0 Å². The van der Waals surface area contributed by atoms with Crippen molar-refractivity contribution in [3.63, 3.8) is 0 Å². The van der Waals surface area contributed by atoms with Crippen LogP contribution in [0.4, 0.5) is 17.1 Å². The number of methoxy groups -OCH3 is 1. The first-order valence-corrected chi connectivity index (χ1v) is 24.0. The Bertz CT molecular complexity index is 2110. The summed E-state index contributed by atoms with van der Waals surface area (Å²) in [5.74, 6) is 1.43. The van der Waals surface area contributed by atoms with E-state index in [2.05, 4.69) is 75.0 Å². The summed E-state index contributed by atoms with van der Waals surface area (Å²) in [5, 5.41) is 15.8. The minimum atomic E-state index is -4.96. The Kier molecular flexibility index (Phi) is 9.96. The molecule has 0 aromatic heterocycles. The fraction of sp³-hybridized carbons (Fsp3) is 0.422. The molecule has 3 N–H and O–H groups in total. The van der Waals surface area contributed by atoms with E-state index in [0.29, 0.717) is 43.3 Å². The molecule has 4 heterocycles. The van der Waals surface area contributed by atoms with Crippen molar-refractivity contribution in [1.82, 2.24) is 10.2 Å². The van der Waals surface area contributed by atoms with Crippen molar-refractivity contribution in [2.24, 2.45) is 5.92 Å². The van der Waals surface area contributed by atoms with Crippen molar-refractivity contribution in [2.75, 3.05) is 50.1 Å². The van der Waals surface area contributed by atoms with Crippen LogP contribution >= 0.6 is 0 Å². The van der Waals surface area contributed by atoms with Crippen LogP contribution < -0.4 is 39.9 Å². The number of hydrogen-bond acceptors (Lipinski definition) is 7. The molecule has 0 bridgehead atoms. The van der Waals surface area contributed by atoms with Crippen molar-refractivity contribution in [2.45, 2.75) is 70.2 Å². The van der Waals surface area contributed by atoms with E-state index < -0.39 is 33.0 Å². The Balaban J connectivity index is 0.831. The number of benzene rings is 4. The van der Waals surface area contributed by atoms with Gasteiger partial charge in [-0.3, -0.25) is 0 Å². The van der Waals surface area contributed by atoms with Crippen LogP contribution in [-0.2, 0) is 19.4 Å². The predicted molar refractivity (Wildman–Crippen MR) is 210 cm³/mol. The van der Waals surface area contributed by atoms with Gasteiger partial charge in [0.2, 0.25) is 0 Å². The molecular formula is C45H50F2IN4O4-. The van der Waals surface area contributed by atoms with Gasteiger partial charge in [0.1, 0.15) is 5.75 Å². The molecule has 2 amide bonds. The maximum absolute atomic E-state index is 15.8. The van der Waals surface area contributed by atoms with Crippen LogP contribution in [0, 0.1) is 5.92 Å². The number of carbonyl (C=O) groups is 2. The normalized spacial score (nSPS) is 28.1. The number of phenols is 1. The number of likely N-dealkylation sites (tertiary alicyclic amines) is 1. The van der Waals surface area contributed by atoms with E-state index in [-0.39, 0.29) is 30.1 Å².